The number of aliphatic hydroxyl groups excluding tert-OH is 1. The molecule has 0 aliphatic rings. The molecule has 0 saturated carbocycles. The van der Waals surface area contributed by atoms with Gasteiger partial charge in [0.1, 0.15) is 0 Å². The Labute approximate surface area is 104 Å². The summed E-state index contributed by atoms with van der Waals surface area (Å²) >= 11 is 0. The minimum Gasteiger partial charge on any atom is -0.392 e. The molecule has 2 atom stereocenters. The van der Waals surface area contributed by atoms with Crippen LogP contribution < -0.4 is 5.32 Å². The summed E-state index contributed by atoms with van der Waals surface area (Å²) in [5.41, 5.74) is 1.16. The molecule has 0 radical (unpaired) electrons. The van der Waals surface area contributed by atoms with Gasteiger partial charge in [0.05, 0.1) is 6.10 Å². The van der Waals surface area contributed by atoms with Gasteiger partial charge in [-0.15, -0.1) is 0 Å². The normalized spacial score (nSPS) is 14.9. The molecular formula is C14H24N2O. The van der Waals surface area contributed by atoms with Gasteiger partial charge in [0.2, 0.25) is 0 Å². The lowest BCUT2D eigenvalue weighted by atomic mass is 9.96. The van der Waals surface area contributed by atoms with Crippen LogP contribution in [0.2, 0.25) is 0 Å². The SMILES string of the molecule is CCC(CC)C(O)CNC(C)c1cccnc1. The van der Waals surface area contributed by atoms with Crippen LogP contribution in [-0.4, -0.2) is 22.7 Å². The van der Waals surface area contributed by atoms with Crippen molar-refractivity contribution in [3.8, 4) is 0 Å². The molecule has 0 saturated heterocycles. The zero-order chi connectivity index (χ0) is 12.7. The molecule has 3 heteroatoms. The zero-order valence-corrected chi connectivity index (χ0v) is 11.1. The minimum atomic E-state index is -0.260. The van der Waals surface area contributed by atoms with Crippen LogP contribution in [-0.2, 0) is 0 Å². The Morgan fingerprint density at radius 3 is 2.59 bits per heavy atom. The van der Waals surface area contributed by atoms with Crippen LogP contribution in [0, 0.1) is 5.92 Å². The molecule has 0 spiro atoms. The van der Waals surface area contributed by atoms with Gasteiger partial charge in [-0.1, -0.05) is 32.8 Å². The monoisotopic (exact) mass is 236 g/mol. The van der Waals surface area contributed by atoms with Crippen LogP contribution in [0.5, 0.6) is 0 Å². The smallest absolute Gasteiger partial charge is 0.0692 e. The maximum atomic E-state index is 10.0. The average molecular weight is 236 g/mol. The molecule has 1 heterocycles. The highest BCUT2D eigenvalue weighted by Gasteiger charge is 2.16. The van der Waals surface area contributed by atoms with Crippen LogP contribution in [0.4, 0.5) is 0 Å². The van der Waals surface area contributed by atoms with Crippen LogP contribution >= 0.6 is 0 Å². The Morgan fingerprint density at radius 1 is 1.35 bits per heavy atom. The highest BCUT2D eigenvalue weighted by molar-refractivity contribution is 5.12. The molecule has 0 bridgehead atoms. The molecule has 17 heavy (non-hydrogen) atoms. The molecule has 0 fully saturated rings. The summed E-state index contributed by atoms with van der Waals surface area (Å²) in [6, 6.07) is 4.21. The van der Waals surface area contributed by atoms with Crippen molar-refractivity contribution in [1.82, 2.24) is 10.3 Å². The first-order valence-electron chi connectivity index (χ1n) is 6.50. The van der Waals surface area contributed by atoms with Crippen molar-refractivity contribution in [3.05, 3.63) is 30.1 Å². The van der Waals surface area contributed by atoms with Crippen LogP contribution in [0.3, 0.4) is 0 Å². The standard InChI is InChI=1S/C14H24N2O/c1-4-12(5-2)14(17)10-16-11(3)13-7-6-8-15-9-13/h6-9,11-12,14,16-17H,4-5,10H2,1-3H3. The van der Waals surface area contributed by atoms with Gasteiger partial charge in [-0.05, 0) is 24.5 Å². The lowest BCUT2D eigenvalue weighted by molar-refractivity contribution is 0.0989. The second-order valence-corrected chi connectivity index (χ2v) is 4.56. The van der Waals surface area contributed by atoms with E-state index >= 15 is 0 Å². The summed E-state index contributed by atoms with van der Waals surface area (Å²) < 4.78 is 0. The van der Waals surface area contributed by atoms with Crippen molar-refractivity contribution in [2.24, 2.45) is 5.92 Å². The molecule has 2 unspecified atom stereocenters. The average Bonchev–Trinajstić information content (AvgIpc) is 2.38. The van der Waals surface area contributed by atoms with Crippen molar-refractivity contribution in [2.45, 2.75) is 45.8 Å². The molecule has 0 amide bonds. The van der Waals surface area contributed by atoms with Gasteiger partial charge in [0, 0.05) is 25.0 Å². The van der Waals surface area contributed by atoms with Crippen LogP contribution in [0.25, 0.3) is 0 Å². The number of nitrogens with zero attached hydrogens (tertiary/aromatic N) is 1. The summed E-state index contributed by atoms with van der Waals surface area (Å²) in [6.45, 7) is 6.99. The Kier molecular flexibility index (Phi) is 6.16. The largest absolute Gasteiger partial charge is 0.392 e. The van der Waals surface area contributed by atoms with Gasteiger partial charge in [-0.3, -0.25) is 4.98 Å². The Bertz CT molecular complexity index is 298. The highest BCUT2D eigenvalue weighted by Crippen LogP contribution is 2.14. The summed E-state index contributed by atoms with van der Waals surface area (Å²) in [6.07, 6.45) is 5.43. The fourth-order valence-corrected chi connectivity index (χ4v) is 2.05. The maximum Gasteiger partial charge on any atom is 0.0692 e. The van der Waals surface area contributed by atoms with Gasteiger partial charge in [0.15, 0.2) is 0 Å². The third-order valence-electron chi connectivity index (χ3n) is 3.41. The van der Waals surface area contributed by atoms with Crippen LogP contribution in [0.1, 0.15) is 45.2 Å². The lowest BCUT2D eigenvalue weighted by Crippen LogP contribution is -2.33. The van der Waals surface area contributed by atoms with Crippen molar-refractivity contribution in [3.63, 3.8) is 0 Å². The third-order valence-corrected chi connectivity index (χ3v) is 3.41. The van der Waals surface area contributed by atoms with E-state index in [1.54, 1.807) is 6.20 Å². The van der Waals surface area contributed by atoms with Crippen molar-refractivity contribution < 1.29 is 5.11 Å². The van der Waals surface area contributed by atoms with E-state index in [4.69, 9.17) is 0 Å². The highest BCUT2D eigenvalue weighted by atomic mass is 16.3. The molecule has 1 aromatic heterocycles. The summed E-state index contributed by atoms with van der Waals surface area (Å²) in [5, 5.41) is 13.4. The summed E-state index contributed by atoms with van der Waals surface area (Å²) in [7, 11) is 0. The molecule has 3 nitrogen and oxygen atoms in total. The number of hydrogen-bond acceptors (Lipinski definition) is 3. The number of rotatable bonds is 7. The molecule has 2 N–H and O–H groups in total. The molecular weight excluding hydrogens is 212 g/mol. The van der Waals surface area contributed by atoms with Gasteiger partial charge < -0.3 is 10.4 Å². The van der Waals surface area contributed by atoms with E-state index in [0.29, 0.717) is 12.5 Å². The van der Waals surface area contributed by atoms with Crippen molar-refractivity contribution >= 4 is 0 Å². The van der Waals surface area contributed by atoms with Crippen molar-refractivity contribution in [1.29, 1.82) is 0 Å². The maximum absolute atomic E-state index is 10.0. The molecule has 0 aliphatic heterocycles. The molecule has 1 rings (SSSR count). The predicted molar refractivity (Wildman–Crippen MR) is 70.7 cm³/mol. The second-order valence-electron chi connectivity index (χ2n) is 4.56. The lowest BCUT2D eigenvalue weighted by Gasteiger charge is -2.22. The number of nitrogens with one attached hydrogen (secondary N) is 1. The van der Waals surface area contributed by atoms with Gasteiger partial charge >= 0.3 is 0 Å². The third kappa shape index (κ3) is 4.44. The van der Waals surface area contributed by atoms with Gasteiger partial charge in [-0.2, -0.15) is 0 Å². The van der Waals surface area contributed by atoms with E-state index in [9.17, 15) is 5.11 Å². The Morgan fingerprint density at radius 2 is 2.06 bits per heavy atom. The number of pyridine rings is 1. The summed E-state index contributed by atoms with van der Waals surface area (Å²) in [5.74, 6) is 0.392. The predicted octanol–water partition coefficient (Wildman–Crippen LogP) is 2.53. The van der Waals surface area contributed by atoms with Crippen LogP contribution in [0.15, 0.2) is 24.5 Å². The van der Waals surface area contributed by atoms with E-state index in [2.05, 4.69) is 31.1 Å². The molecule has 1 aromatic rings. The first-order chi connectivity index (χ1) is 8.19. The van der Waals surface area contributed by atoms with E-state index in [1.165, 1.54) is 0 Å². The number of aliphatic hydroxyl groups is 1. The van der Waals surface area contributed by atoms with Gasteiger partial charge in [-0.25, -0.2) is 0 Å². The fraction of sp³-hybridized carbons (Fsp3) is 0.643. The number of aromatic nitrogens is 1. The Hall–Kier alpha value is -0.930. The molecule has 96 valence electrons. The fourth-order valence-electron chi connectivity index (χ4n) is 2.05. The Balaban J connectivity index is 2.40. The van der Waals surface area contributed by atoms with E-state index < -0.39 is 0 Å². The quantitative estimate of drug-likeness (QED) is 0.764. The topological polar surface area (TPSA) is 45.1 Å². The summed E-state index contributed by atoms with van der Waals surface area (Å²) in [4.78, 5) is 4.10. The zero-order valence-electron chi connectivity index (χ0n) is 11.1. The van der Waals surface area contributed by atoms with E-state index in [1.807, 2.05) is 18.3 Å². The van der Waals surface area contributed by atoms with Gasteiger partial charge in [0.25, 0.3) is 0 Å². The first-order valence-corrected chi connectivity index (χ1v) is 6.50. The molecule has 0 aromatic carbocycles. The van der Waals surface area contributed by atoms with E-state index in [-0.39, 0.29) is 12.1 Å². The van der Waals surface area contributed by atoms with E-state index in [0.717, 1.165) is 18.4 Å². The van der Waals surface area contributed by atoms with Crippen molar-refractivity contribution in [2.75, 3.05) is 6.54 Å². The second kappa shape index (κ2) is 7.41. The molecule has 0 aliphatic carbocycles. The number of hydrogen-bond donors (Lipinski definition) is 2. The minimum absolute atomic E-state index is 0.229. The first kappa shape index (κ1) is 14.1.